The number of nitrogens with zero attached hydrogens (tertiary/aromatic N) is 3. The highest BCUT2D eigenvalue weighted by Crippen LogP contribution is 1.89. The third-order valence-corrected chi connectivity index (χ3v) is 1.30. The van der Waals surface area contributed by atoms with E-state index in [-0.39, 0.29) is 0 Å². The summed E-state index contributed by atoms with van der Waals surface area (Å²) in [7, 11) is 1.86. The van der Waals surface area contributed by atoms with Crippen LogP contribution in [0, 0.1) is 0 Å². The Hall–Kier alpha value is -0.940. The topological polar surface area (TPSA) is 68.8 Å². The van der Waals surface area contributed by atoms with Gasteiger partial charge in [0, 0.05) is 20.0 Å². The first-order chi connectivity index (χ1) is 4.84. The van der Waals surface area contributed by atoms with Crippen molar-refractivity contribution in [3.63, 3.8) is 0 Å². The van der Waals surface area contributed by atoms with Gasteiger partial charge >= 0.3 is 0 Å². The fourth-order valence-corrected chi connectivity index (χ4v) is 0.730. The molecule has 1 aromatic rings. The van der Waals surface area contributed by atoms with Crippen molar-refractivity contribution in [1.29, 1.82) is 0 Å². The minimum atomic E-state index is 0.729. The fourth-order valence-electron chi connectivity index (χ4n) is 0.730. The molecule has 3 N–H and O–H groups in total. The summed E-state index contributed by atoms with van der Waals surface area (Å²) in [6.07, 6.45) is 2.35. The van der Waals surface area contributed by atoms with E-state index in [0.29, 0.717) is 0 Å². The molecular formula is C5H11N5. The molecule has 0 saturated heterocycles. The zero-order chi connectivity index (χ0) is 7.40. The summed E-state index contributed by atoms with van der Waals surface area (Å²) in [5.74, 6) is 6.03. The molecule has 5 nitrogen and oxygen atoms in total. The van der Waals surface area contributed by atoms with E-state index in [9.17, 15) is 0 Å². The molecular weight excluding hydrogens is 130 g/mol. The molecule has 0 amide bonds. The average Bonchev–Trinajstić information content (AvgIpc) is 2.31. The second kappa shape index (κ2) is 3.28. The molecule has 0 aliphatic heterocycles. The Balaban J connectivity index is 2.49. The molecule has 0 saturated carbocycles. The Bertz CT molecular complexity index is 194. The zero-order valence-electron chi connectivity index (χ0n) is 5.91. The van der Waals surface area contributed by atoms with Crippen molar-refractivity contribution in [2.24, 2.45) is 12.9 Å². The molecule has 1 aromatic heterocycles. The minimum absolute atomic E-state index is 0.729. The largest absolute Gasteiger partial charge is 0.271 e. The normalized spacial score (nSPS) is 10.2. The van der Waals surface area contributed by atoms with Crippen LogP contribution in [0.2, 0.25) is 0 Å². The van der Waals surface area contributed by atoms with Gasteiger partial charge in [-0.3, -0.25) is 16.0 Å². The van der Waals surface area contributed by atoms with Crippen LogP contribution in [-0.4, -0.2) is 21.3 Å². The van der Waals surface area contributed by atoms with Gasteiger partial charge in [0.1, 0.15) is 12.2 Å². The predicted octanol–water partition coefficient (Wildman–Crippen LogP) is -1.18. The Morgan fingerprint density at radius 1 is 1.80 bits per heavy atom. The molecule has 10 heavy (non-hydrogen) atoms. The van der Waals surface area contributed by atoms with Gasteiger partial charge in [-0.15, -0.1) is 0 Å². The van der Waals surface area contributed by atoms with E-state index in [1.54, 1.807) is 4.68 Å². The quantitative estimate of drug-likeness (QED) is 0.410. The lowest BCUT2D eigenvalue weighted by molar-refractivity contribution is 0.651. The van der Waals surface area contributed by atoms with Gasteiger partial charge in [0.25, 0.3) is 0 Å². The molecule has 0 aliphatic rings. The van der Waals surface area contributed by atoms with Gasteiger partial charge in [0.15, 0.2) is 0 Å². The van der Waals surface area contributed by atoms with Gasteiger partial charge in [-0.05, 0) is 0 Å². The first kappa shape index (κ1) is 7.17. The van der Waals surface area contributed by atoms with Crippen LogP contribution in [-0.2, 0) is 13.5 Å². The van der Waals surface area contributed by atoms with E-state index < -0.39 is 0 Å². The van der Waals surface area contributed by atoms with Crippen molar-refractivity contribution in [3.05, 3.63) is 12.2 Å². The lowest BCUT2D eigenvalue weighted by atomic mass is 10.4. The van der Waals surface area contributed by atoms with Crippen molar-refractivity contribution in [1.82, 2.24) is 20.2 Å². The molecule has 0 atom stereocenters. The molecule has 0 aromatic carbocycles. The molecule has 1 heterocycles. The number of rotatable bonds is 3. The van der Waals surface area contributed by atoms with E-state index in [2.05, 4.69) is 15.5 Å². The van der Waals surface area contributed by atoms with Crippen LogP contribution in [0.15, 0.2) is 6.33 Å². The van der Waals surface area contributed by atoms with Gasteiger partial charge < -0.3 is 0 Å². The molecule has 5 heteroatoms. The summed E-state index contributed by atoms with van der Waals surface area (Å²) in [6.45, 7) is 0.729. The molecule has 0 bridgehead atoms. The summed E-state index contributed by atoms with van der Waals surface area (Å²) in [5, 5.41) is 3.91. The maximum atomic E-state index is 5.09. The van der Waals surface area contributed by atoms with Gasteiger partial charge in [0.2, 0.25) is 0 Å². The summed E-state index contributed by atoms with van der Waals surface area (Å²) >= 11 is 0. The van der Waals surface area contributed by atoms with Crippen molar-refractivity contribution in [2.45, 2.75) is 6.42 Å². The first-order valence-corrected chi connectivity index (χ1v) is 3.11. The van der Waals surface area contributed by atoms with Crippen LogP contribution < -0.4 is 11.3 Å². The number of nitrogens with two attached hydrogens (primary N) is 1. The Kier molecular flexibility index (Phi) is 2.35. The maximum absolute atomic E-state index is 5.09. The first-order valence-electron chi connectivity index (χ1n) is 3.11. The highest BCUT2D eigenvalue weighted by atomic mass is 15.3. The van der Waals surface area contributed by atoms with E-state index in [1.165, 1.54) is 6.33 Å². The van der Waals surface area contributed by atoms with Crippen molar-refractivity contribution in [3.8, 4) is 0 Å². The highest BCUT2D eigenvalue weighted by Gasteiger charge is 1.96. The second-order valence-corrected chi connectivity index (χ2v) is 2.00. The molecule has 0 spiro atoms. The van der Waals surface area contributed by atoms with Crippen molar-refractivity contribution >= 4 is 0 Å². The van der Waals surface area contributed by atoms with Gasteiger partial charge in [0.05, 0.1) is 0 Å². The maximum Gasteiger partial charge on any atom is 0.138 e. The van der Waals surface area contributed by atoms with Crippen LogP contribution in [0.4, 0.5) is 0 Å². The molecule has 0 radical (unpaired) electrons. The number of hydrazine groups is 1. The van der Waals surface area contributed by atoms with Gasteiger partial charge in [-0.1, -0.05) is 0 Å². The third-order valence-electron chi connectivity index (χ3n) is 1.30. The van der Waals surface area contributed by atoms with Crippen LogP contribution in [0.25, 0.3) is 0 Å². The number of nitrogens with one attached hydrogen (secondary N) is 1. The predicted molar refractivity (Wildman–Crippen MR) is 36.9 cm³/mol. The van der Waals surface area contributed by atoms with Gasteiger partial charge in [-0.25, -0.2) is 4.98 Å². The monoisotopic (exact) mass is 141 g/mol. The lowest BCUT2D eigenvalue weighted by Gasteiger charge is -1.97. The van der Waals surface area contributed by atoms with Crippen LogP contribution in [0.1, 0.15) is 5.82 Å². The third kappa shape index (κ3) is 1.52. The summed E-state index contributed by atoms with van der Waals surface area (Å²) in [5.41, 5.74) is 2.55. The minimum Gasteiger partial charge on any atom is -0.271 e. The number of aryl methyl sites for hydroxylation is 1. The van der Waals surface area contributed by atoms with E-state index in [0.717, 1.165) is 18.8 Å². The van der Waals surface area contributed by atoms with Crippen LogP contribution in [0.3, 0.4) is 0 Å². The van der Waals surface area contributed by atoms with Crippen LogP contribution >= 0.6 is 0 Å². The summed E-state index contributed by atoms with van der Waals surface area (Å²) < 4.78 is 1.73. The summed E-state index contributed by atoms with van der Waals surface area (Å²) in [6, 6.07) is 0. The van der Waals surface area contributed by atoms with Crippen molar-refractivity contribution in [2.75, 3.05) is 6.54 Å². The number of hydrogen-bond donors (Lipinski definition) is 2. The van der Waals surface area contributed by atoms with E-state index in [4.69, 9.17) is 5.84 Å². The number of aromatic nitrogens is 3. The Morgan fingerprint density at radius 2 is 2.60 bits per heavy atom. The average molecular weight is 141 g/mol. The standard InChI is InChI=1S/C5H11N5/c1-10-5(2-3-8-6)7-4-9-10/h4,8H,2-3,6H2,1H3. The molecule has 1 rings (SSSR count). The zero-order valence-corrected chi connectivity index (χ0v) is 5.91. The Labute approximate surface area is 59.2 Å². The van der Waals surface area contributed by atoms with E-state index in [1.807, 2.05) is 7.05 Å². The molecule has 0 fully saturated rings. The SMILES string of the molecule is Cn1ncnc1CCNN. The lowest BCUT2D eigenvalue weighted by Crippen LogP contribution is -2.25. The smallest absolute Gasteiger partial charge is 0.138 e. The van der Waals surface area contributed by atoms with Crippen molar-refractivity contribution < 1.29 is 0 Å². The molecule has 0 unspecified atom stereocenters. The molecule has 0 aliphatic carbocycles. The second-order valence-electron chi connectivity index (χ2n) is 2.00. The van der Waals surface area contributed by atoms with E-state index >= 15 is 0 Å². The summed E-state index contributed by atoms with van der Waals surface area (Å²) in [4.78, 5) is 4.01. The number of hydrogen-bond acceptors (Lipinski definition) is 4. The van der Waals surface area contributed by atoms with Crippen LogP contribution in [0.5, 0.6) is 0 Å². The van der Waals surface area contributed by atoms with Gasteiger partial charge in [-0.2, -0.15) is 5.10 Å². The molecule has 56 valence electrons. The fraction of sp³-hybridized carbons (Fsp3) is 0.600. The Morgan fingerprint density at radius 3 is 3.10 bits per heavy atom. The highest BCUT2D eigenvalue weighted by molar-refractivity contribution is 4.83.